The Hall–Kier alpha value is -3.49. The molecule has 0 aromatic carbocycles. The van der Waals surface area contributed by atoms with E-state index < -0.39 is 6.23 Å². The van der Waals surface area contributed by atoms with Crippen molar-refractivity contribution in [3.05, 3.63) is 97.6 Å². The molecule has 0 aliphatic rings. The Morgan fingerprint density at radius 3 is 2.67 bits per heavy atom. The zero-order valence-electron chi connectivity index (χ0n) is 19.3. The third-order valence-electron chi connectivity index (χ3n) is 6.10. The van der Waals surface area contributed by atoms with Gasteiger partial charge in [-0.2, -0.15) is 0 Å². The standard InChI is InChI=1S/C25H29N5O3/c1-15-12-16(2)28-24(32)20(15)13-27-25(33)22-18(4)30(23-19(22)8-7-10-26-23)17(3)14-29-11-6-5-9-21(29)31/h5-12,17,25,27,33H,13-14H2,1-4H3,(H,28,32). The fraction of sp³-hybridized carbons (Fsp3) is 0.320. The van der Waals surface area contributed by atoms with Crippen molar-refractivity contribution in [2.75, 3.05) is 0 Å². The highest BCUT2D eigenvalue weighted by Gasteiger charge is 2.24. The summed E-state index contributed by atoms with van der Waals surface area (Å²) >= 11 is 0. The van der Waals surface area contributed by atoms with Crippen LogP contribution in [0.3, 0.4) is 0 Å². The molecule has 8 nitrogen and oxygen atoms in total. The predicted octanol–water partition coefficient (Wildman–Crippen LogP) is 2.85. The summed E-state index contributed by atoms with van der Waals surface area (Å²) in [6, 6.07) is 10.7. The van der Waals surface area contributed by atoms with Crippen molar-refractivity contribution in [3.63, 3.8) is 0 Å². The first-order valence-electron chi connectivity index (χ1n) is 11.0. The molecule has 172 valence electrons. The van der Waals surface area contributed by atoms with Crippen LogP contribution in [0.1, 0.15) is 47.3 Å². The van der Waals surface area contributed by atoms with E-state index in [-0.39, 0.29) is 23.7 Å². The topological polar surface area (TPSA) is 105 Å². The van der Waals surface area contributed by atoms with Crippen LogP contribution in [0.15, 0.2) is 58.4 Å². The molecule has 2 atom stereocenters. The Kier molecular flexibility index (Phi) is 6.31. The van der Waals surface area contributed by atoms with Gasteiger partial charge in [0.05, 0.1) is 6.04 Å². The molecule has 0 saturated carbocycles. The van der Waals surface area contributed by atoms with E-state index >= 15 is 0 Å². The Balaban J connectivity index is 1.67. The third-order valence-corrected chi connectivity index (χ3v) is 6.10. The van der Waals surface area contributed by atoms with Crippen molar-refractivity contribution in [1.29, 1.82) is 0 Å². The second-order valence-corrected chi connectivity index (χ2v) is 8.51. The summed E-state index contributed by atoms with van der Waals surface area (Å²) in [5.74, 6) is 0. The lowest BCUT2D eigenvalue weighted by atomic mass is 10.1. The summed E-state index contributed by atoms with van der Waals surface area (Å²) < 4.78 is 3.72. The van der Waals surface area contributed by atoms with Crippen molar-refractivity contribution in [3.8, 4) is 0 Å². The van der Waals surface area contributed by atoms with Crippen molar-refractivity contribution < 1.29 is 5.11 Å². The summed E-state index contributed by atoms with van der Waals surface area (Å²) in [6.07, 6.45) is 2.49. The normalized spacial score (nSPS) is 13.4. The van der Waals surface area contributed by atoms with Crippen LogP contribution in [0.4, 0.5) is 0 Å². The van der Waals surface area contributed by atoms with Gasteiger partial charge in [-0.15, -0.1) is 0 Å². The number of pyridine rings is 3. The molecule has 3 N–H and O–H groups in total. The monoisotopic (exact) mass is 447 g/mol. The van der Waals surface area contributed by atoms with Crippen molar-refractivity contribution in [2.24, 2.45) is 0 Å². The SMILES string of the molecule is Cc1cc(C)c(CNC(O)c2c(C)n(C(C)Cn3ccccc3=O)c3ncccc23)c(=O)[nH]1. The number of hydrogen-bond acceptors (Lipinski definition) is 5. The van der Waals surface area contributed by atoms with Gasteiger partial charge in [0.25, 0.3) is 11.1 Å². The van der Waals surface area contributed by atoms with E-state index in [1.807, 2.05) is 52.0 Å². The minimum atomic E-state index is -0.996. The molecule has 4 heterocycles. The molecule has 8 heteroatoms. The largest absolute Gasteiger partial charge is 0.374 e. The van der Waals surface area contributed by atoms with Crippen LogP contribution in [0.25, 0.3) is 11.0 Å². The number of nitrogens with one attached hydrogen (secondary N) is 2. The fourth-order valence-corrected chi connectivity index (χ4v) is 4.55. The third kappa shape index (κ3) is 4.40. The lowest BCUT2D eigenvalue weighted by Crippen LogP contribution is -2.27. The summed E-state index contributed by atoms with van der Waals surface area (Å²) in [5, 5.41) is 15.0. The summed E-state index contributed by atoms with van der Waals surface area (Å²) in [7, 11) is 0. The summed E-state index contributed by atoms with van der Waals surface area (Å²) in [5.41, 5.74) is 4.36. The van der Waals surface area contributed by atoms with Gasteiger partial charge in [-0.3, -0.25) is 14.9 Å². The summed E-state index contributed by atoms with van der Waals surface area (Å²) in [6.45, 7) is 8.40. The maximum Gasteiger partial charge on any atom is 0.252 e. The van der Waals surface area contributed by atoms with Crippen LogP contribution < -0.4 is 16.4 Å². The van der Waals surface area contributed by atoms with Gasteiger partial charge >= 0.3 is 0 Å². The van der Waals surface area contributed by atoms with Gasteiger partial charge in [-0.1, -0.05) is 6.07 Å². The predicted molar refractivity (Wildman–Crippen MR) is 128 cm³/mol. The van der Waals surface area contributed by atoms with Crippen molar-refractivity contribution in [2.45, 2.75) is 53.1 Å². The van der Waals surface area contributed by atoms with Crippen molar-refractivity contribution in [1.82, 2.24) is 24.4 Å². The molecule has 0 bridgehead atoms. The van der Waals surface area contributed by atoms with Crippen molar-refractivity contribution >= 4 is 11.0 Å². The molecule has 0 radical (unpaired) electrons. The molecule has 0 saturated heterocycles. The molecule has 4 aromatic rings. The van der Waals surface area contributed by atoms with Crippen LogP contribution in [0.2, 0.25) is 0 Å². The Bertz CT molecular complexity index is 1420. The van der Waals surface area contributed by atoms with Gasteiger partial charge < -0.3 is 19.2 Å². The minimum Gasteiger partial charge on any atom is -0.374 e. The first-order chi connectivity index (χ1) is 15.8. The van der Waals surface area contributed by atoms with Crippen LogP contribution in [-0.4, -0.2) is 24.2 Å². The van der Waals surface area contributed by atoms with E-state index in [0.717, 1.165) is 28.0 Å². The molecule has 0 amide bonds. The smallest absolute Gasteiger partial charge is 0.252 e. The molecule has 33 heavy (non-hydrogen) atoms. The molecule has 0 aliphatic heterocycles. The van der Waals surface area contributed by atoms with Crippen LogP contribution in [-0.2, 0) is 13.1 Å². The first-order valence-corrected chi connectivity index (χ1v) is 11.0. The second kappa shape index (κ2) is 9.17. The van der Waals surface area contributed by atoms with Gasteiger partial charge in [0.2, 0.25) is 0 Å². The molecule has 0 fully saturated rings. The number of aliphatic hydroxyl groups excluding tert-OH is 1. The maximum absolute atomic E-state index is 12.4. The Labute approximate surface area is 191 Å². The fourth-order valence-electron chi connectivity index (χ4n) is 4.55. The highest BCUT2D eigenvalue weighted by Crippen LogP contribution is 2.31. The highest BCUT2D eigenvalue weighted by molar-refractivity contribution is 5.82. The number of fused-ring (bicyclic) bond motifs is 1. The molecule has 4 aromatic heterocycles. The Morgan fingerprint density at radius 2 is 1.94 bits per heavy atom. The zero-order chi connectivity index (χ0) is 23.7. The molecule has 0 spiro atoms. The lowest BCUT2D eigenvalue weighted by Gasteiger charge is -2.19. The molecule has 0 aliphatic carbocycles. The highest BCUT2D eigenvalue weighted by atomic mass is 16.3. The average molecular weight is 448 g/mol. The molecule has 4 rings (SSSR count). The number of aromatic amines is 1. The first kappa shape index (κ1) is 22.7. The lowest BCUT2D eigenvalue weighted by molar-refractivity contribution is 0.137. The average Bonchev–Trinajstić information content (AvgIpc) is 3.06. The van der Waals surface area contributed by atoms with Gasteiger partial charge in [-0.05, 0) is 57.5 Å². The van der Waals surface area contributed by atoms with E-state index in [4.69, 9.17) is 0 Å². The van der Waals surface area contributed by atoms with Crippen LogP contribution in [0.5, 0.6) is 0 Å². The van der Waals surface area contributed by atoms with Crippen LogP contribution in [0, 0.1) is 20.8 Å². The number of rotatable bonds is 7. The maximum atomic E-state index is 12.4. The number of aliphatic hydroxyl groups is 1. The van der Waals surface area contributed by atoms with E-state index in [1.54, 1.807) is 29.1 Å². The minimum absolute atomic E-state index is 0.0629. The number of aryl methyl sites for hydroxylation is 2. The van der Waals surface area contributed by atoms with E-state index in [0.29, 0.717) is 17.7 Å². The Morgan fingerprint density at radius 1 is 1.15 bits per heavy atom. The molecule has 2 unspecified atom stereocenters. The second-order valence-electron chi connectivity index (χ2n) is 8.51. The van der Waals surface area contributed by atoms with E-state index in [9.17, 15) is 14.7 Å². The molecular weight excluding hydrogens is 418 g/mol. The van der Waals surface area contributed by atoms with Gasteiger partial charge in [0.1, 0.15) is 11.9 Å². The van der Waals surface area contributed by atoms with Gasteiger partial charge in [0, 0.05) is 59.5 Å². The number of H-pyrrole nitrogens is 1. The van der Waals surface area contributed by atoms with E-state index in [2.05, 4.69) is 19.9 Å². The van der Waals surface area contributed by atoms with Gasteiger partial charge in [0.15, 0.2) is 0 Å². The van der Waals surface area contributed by atoms with Crippen LogP contribution >= 0.6 is 0 Å². The van der Waals surface area contributed by atoms with E-state index in [1.165, 1.54) is 0 Å². The molecular formula is C25H29N5O3. The van der Waals surface area contributed by atoms with Gasteiger partial charge in [-0.25, -0.2) is 4.98 Å². The number of aromatic nitrogens is 4. The number of nitrogens with zero attached hydrogens (tertiary/aromatic N) is 3. The summed E-state index contributed by atoms with van der Waals surface area (Å²) in [4.78, 5) is 31.9. The number of hydrogen-bond donors (Lipinski definition) is 3. The quantitative estimate of drug-likeness (QED) is 0.378. The zero-order valence-corrected chi connectivity index (χ0v) is 19.3.